The van der Waals surface area contributed by atoms with Crippen molar-refractivity contribution >= 4 is 10.9 Å². The third-order valence-electron chi connectivity index (χ3n) is 3.01. The van der Waals surface area contributed by atoms with E-state index < -0.39 is 0 Å². The van der Waals surface area contributed by atoms with E-state index in [1.807, 2.05) is 6.20 Å². The number of para-hydroxylation sites is 1. The Morgan fingerprint density at radius 2 is 2.06 bits per heavy atom. The summed E-state index contributed by atoms with van der Waals surface area (Å²) < 4.78 is 2.07. The number of nitrogens with zero attached hydrogens (tertiary/aromatic N) is 2. The SMILES string of the molecule is CCCCCNCCn1ncc2ccccc21. The first kappa shape index (κ1) is 12.1. The lowest BCUT2D eigenvalue weighted by atomic mass is 10.2. The van der Waals surface area contributed by atoms with Crippen LogP contribution < -0.4 is 5.32 Å². The van der Waals surface area contributed by atoms with Crippen molar-refractivity contribution < 1.29 is 0 Å². The van der Waals surface area contributed by atoms with E-state index in [0.717, 1.165) is 19.6 Å². The maximum absolute atomic E-state index is 4.41. The van der Waals surface area contributed by atoms with Gasteiger partial charge in [-0.2, -0.15) is 5.10 Å². The minimum atomic E-state index is 0.944. The smallest absolute Gasteiger partial charge is 0.0682 e. The largest absolute Gasteiger partial charge is 0.315 e. The zero-order valence-corrected chi connectivity index (χ0v) is 10.5. The molecule has 0 atom stereocenters. The van der Waals surface area contributed by atoms with Crippen LogP contribution in [0.3, 0.4) is 0 Å². The molecule has 1 heterocycles. The highest BCUT2D eigenvalue weighted by Crippen LogP contribution is 2.11. The quantitative estimate of drug-likeness (QED) is 0.743. The van der Waals surface area contributed by atoms with Gasteiger partial charge in [0.05, 0.1) is 18.3 Å². The van der Waals surface area contributed by atoms with Crippen LogP contribution in [0.5, 0.6) is 0 Å². The van der Waals surface area contributed by atoms with Gasteiger partial charge in [0.1, 0.15) is 0 Å². The van der Waals surface area contributed by atoms with Gasteiger partial charge >= 0.3 is 0 Å². The minimum Gasteiger partial charge on any atom is -0.315 e. The number of nitrogens with one attached hydrogen (secondary N) is 1. The molecule has 1 aromatic carbocycles. The van der Waals surface area contributed by atoms with E-state index in [1.54, 1.807) is 0 Å². The van der Waals surface area contributed by atoms with Crippen molar-refractivity contribution in [2.75, 3.05) is 13.1 Å². The molecule has 17 heavy (non-hydrogen) atoms. The summed E-state index contributed by atoms with van der Waals surface area (Å²) in [5.74, 6) is 0. The Labute approximate surface area is 103 Å². The fourth-order valence-corrected chi connectivity index (χ4v) is 2.01. The summed E-state index contributed by atoms with van der Waals surface area (Å²) in [4.78, 5) is 0. The minimum absolute atomic E-state index is 0.944. The molecule has 0 aliphatic heterocycles. The topological polar surface area (TPSA) is 29.9 Å². The molecule has 1 aromatic heterocycles. The van der Waals surface area contributed by atoms with Gasteiger partial charge in [0.25, 0.3) is 0 Å². The molecule has 92 valence electrons. The average molecular weight is 231 g/mol. The molecule has 3 heteroatoms. The highest BCUT2D eigenvalue weighted by atomic mass is 15.3. The monoisotopic (exact) mass is 231 g/mol. The summed E-state index contributed by atoms with van der Waals surface area (Å²) in [5, 5.41) is 9.09. The fourth-order valence-electron chi connectivity index (χ4n) is 2.01. The van der Waals surface area contributed by atoms with Crippen LogP contribution in [-0.2, 0) is 6.54 Å². The van der Waals surface area contributed by atoms with Crippen molar-refractivity contribution in [3.8, 4) is 0 Å². The Kier molecular flexibility index (Phi) is 4.56. The van der Waals surface area contributed by atoms with Crippen LogP contribution in [0, 0.1) is 0 Å². The van der Waals surface area contributed by atoms with E-state index in [2.05, 4.69) is 46.3 Å². The molecule has 0 aliphatic rings. The number of hydrogen-bond acceptors (Lipinski definition) is 2. The number of aromatic nitrogens is 2. The van der Waals surface area contributed by atoms with Crippen molar-refractivity contribution in [1.29, 1.82) is 0 Å². The maximum atomic E-state index is 4.41. The van der Waals surface area contributed by atoms with Gasteiger partial charge in [-0.3, -0.25) is 4.68 Å². The maximum Gasteiger partial charge on any atom is 0.0682 e. The summed E-state index contributed by atoms with van der Waals surface area (Å²) in [6.07, 6.45) is 5.81. The van der Waals surface area contributed by atoms with E-state index >= 15 is 0 Å². The van der Waals surface area contributed by atoms with Crippen LogP contribution in [0.15, 0.2) is 30.5 Å². The summed E-state index contributed by atoms with van der Waals surface area (Å²) in [6.45, 7) is 5.29. The van der Waals surface area contributed by atoms with E-state index in [1.165, 1.54) is 30.2 Å². The zero-order chi connectivity index (χ0) is 11.9. The number of unbranched alkanes of at least 4 members (excludes halogenated alkanes) is 2. The third kappa shape index (κ3) is 3.30. The molecule has 0 aliphatic carbocycles. The molecule has 0 amide bonds. The molecule has 0 spiro atoms. The van der Waals surface area contributed by atoms with Crippen LogP contribution in [-0.4, -0.2) is 22.9 Å². The van der Waals surface area contributed by atoms with Gasteiger partial charge in [-0.15, -0.1) is 0 Å². The normalized spacial score (nSPS) is 11.1. The Hall–Kier alpha value is -1.35. The fraction of sp³-hybridized carbons (Fsp3) is 0.500. The van der Waals surface area contributed by atoms with E-state index in [4.69, 9.17) is 0 Å². The number of fused-ring (bicyclic) bond motifs is 1. The van der Waals surface area contributed by atoms with Gasteiger partial charge < -0.3 is 5.32 Å². The molecule has 0 bridgehead atoms. The number of rotatable bonds is 7. The van der Waals surface area contributed by atoms with Crippen molar-refractivity contribution in [1.82, 2.24) is 15.1 Å². The highest BCUT2D eigenvalue weighted by molar-refractivity contribution is 5.78. The lowest BCUT2D eigenvalue weighted by Crippen LogP contribution is -2.21. The van der Waals surface area contributed by atoms with Gasteiger partial charge in [0, 0.05) is 11.9 Å². The molecule has 1 N–H and O–H groups in total. The van der Waals surface area contributed by atoms with Crippen LogP contribution in [0.4, 0.5) is 0 Å². The van der Waals surface area contributed by atoms with Gasteiger partial charge in [0.15, 0.2) is 0 Å². The first-order chi connectivity index (χ1) is 8.42. The summed E-state index contributed by atoms with van der Waals surface area (Å²) in [6, 6.07) is 8.35. The van der Waals surface area contributed by atoms with Crippen LogP contribution in [0.25, 0.3) is 10.9 Å². The Morgan fingerprint density at radius 1 is 1.18 bits per heavy atom. The Bertz CT molecular complexity index is 447. The summed E-state index contributed by atoms with van der Waals surface area (Å²) in [7, 11) is 0. The number of hydrogen-bond donors (Lipinski definition) is 1. The summed E-state index contributed by atoms with van der Waals surface area (Å²) >= 11 is 0. The third-order valence-corrected chi connectivity index (χ3v) is 3.01. The molecule has 0 unspecified atom stereocenters. The van der Waals surface area contributed by atoms with Gasteiger partial charge in [0.2, 0.25) is 0 Å². The molecule has 3 nitrogen and oxygen atoms in total. The van der Waals surface area contributed by atoms with Gasteiger partial charge in [-0.25, -0.2) is 0 Å². The highest BCUT2D eigenvalue weighted by Gasteiger charge is 2.00. The van der Waals surface area contributed by atoms with Crippen LogP contribution in [0.2, 0.25) is 0 Å². The Balaban J connectivity index is 1.79. The van der Waals surface area contributed by atoms with E-state index in [9.17, 15) is 0 Å². The molecule has 0 radical (unpaired) electrons. The average Bonchev–Trinajstić information content (AvgIpc) is 2.77. The molecule has 0 fully saturated rings. The molecule has 2 aromatic rings. The van der Waals surface area contributed by atoms with Crippen LogP contribution >= 0.6 is 0 Å². The van der Waals surface area contributed by atoms with Crippen molar-refractivity contribution in [3.63, 3.8) is 0 Å². The molecular formula is C14H21N3. The van der Waals surface area contributed by atoms with Crippen LogP contribution in [0.1, 0.15) is 26.2 Å². The summed E-state index contributed by atoms with van der Waals surface area (Å²) in [5.41, 5.74) is 1.22. The molecule has 0 saturated carbocycles. The van der Waals surface area contributed by atoms with Crippen molar-refractivity contribution in [2.24, 2.45) is 0 Å². The molecule has 2 rings (SSSR count). The standard InChI is InChI=1S/C14H21N3/c1-2-3-6-9-15-10-11-17-14-8-5-4-7-13(14)12-16-17/h4-5,7-8,12,15H,2-3,6,9-11H2,1H3. The predicted molar refractivity (Wildman–Crippen MR) is 72.1 cm³/mol. The van der Waals surface area contributed by atoms with Gasteiger partial charge in [-0.05, 0) is 19.0 Å². The van der Waals surface area contributed by atoms with Crippen molar-refractivity contribution in [3.05, 3.63) is 30.5 Å². The second kappa shape index (κ2) is 6.40. The number of benzene rings is 1. The lowest BCUT2D eigenvalue weighted by Gasteiger charge is -2.05. The Morgan fingerprint density at radius 3 is 2.94 bits per heavy atom. The van der Waals surface area contributed by atoms with Crippen molar-refractivity contribution in [2.45, 2.75) is 32.7 Å². The first-order valence-corrected chi connectivity index (χ1v) is 6.53. The second-order valence-electron chi connectivity index (χ2n) is 4.38. The molecular weight excluding hydrogens is 210 g/mol. The van der Waals surface area contributed by atoms with Gasteiger partial charge in [-0.1, -0.05) is 38.0 Å². The zero-order valence-electron chi connectivity index (χ0n) is 10.5. The van der Waals surface area contributed by atoms with E-state index in [-0.39, 0.29) is 0 Å². The lowest BCUT2D eigenvalue weighted by molar-refractivity contribution is 0.549. The predicted octanol–water partition coefficient (Wildman–Crippen LogP) is 2.82. The van der Waals surface area contributed by atoms with E-state index in [0.29, 0.717) is 0 Å². The first-order valence-electron chi connectivity index (χ1n) is 6.53. The second-order valence-corrected chi connectivity index (χ2v) is 4.38. The molecule has 0 saturated heterocycles.